The number of hydrogen-bond donors (Lipinski definition) is 0. The highest BCUT2D eigenvalue weighted by atomic mass is 79.9. The van der Waals surface area contributed by atoms with Gasteiger partial charge in [-0.3, -0.25) is 9.59 Å². The molecule has 1 unspecified atom stereocenters. The largest absolute Gasteiger partial charge is 0.325 e. The summed E-state index contributed by atoms with van der Waals surface area (Å²) in [6.07, 6.45) is 0. The Morgan fingerprint density at radius 2 is 1.92 bits per heavy atom. The fourth-order valence-corrected chi connectivity index (χ4v) is 3.63. The van der Waals surface area contributed by atoms with E-state index in [4.69, 9.17) is 11.6 Å². The molecule has 0 bridgehead atoms. The number of amides is 2. The molecule has 1 fully saturated rings. The van der Waals surface area contributed by atoms with Crippen LogP contribution in [-0.2, 0) is 4.79 Å². The lowest BCUT2D eigenvalue weighted by Crippen LogP contribution is -2.58. The third kappa shape index (κ3) is 3.44. The van der Waals surface area contributed by atoms with Gasteiger partial charge >= 0.3 is 0 Å². The number of piperazine rings is 1. The lowest BCUT2D eigenvalue weighted by molar-refractivity contribution is -0.124. The summed E-state index contributed by atoms with van der Waals surface area (Å²) in [6.45, 7) is 4.59. The number of halogens is 2. The molecule has 1 atom stereocenters. The van der Waals surface area contributed by atoms with Crippen LogP contribution < -0.4 is 4.90 Å². The fraction of sp³-hybridized carbons (Fsp3) is 0.263. The van der Waals surface area contributed by atoms with Crippen LogP contribution in [0.25, 0.3) is 0 Å². The number of benzene rings is 2. The summed E-state index contributed by atoms with van der Waals surface area (Å²) in [5.41, 5.74) is 2.25. The van der Waals surface area contributed by atoms with Gasteiger partial charge in [0.15, 0.2) is 0 Å². The van der Waals surface area contributed by atoms with E-state index in [1.807, 2.05) is 31.2 Å². The summed E-state index contributed by atoms with van der Waals surface area (Å²) in [7, 11) is 0. The van der Waals surface area contributed by atoms with Gasteiger partial charge in [-0.05, 0) is 49.7 Å². The molecule has 2 amide bonds. The maximum atomic E-state index is 12.9. The average Bonchev–Trinajstić information content (AvgIpc) is 2.59. The zero-order valence-electron chi connectivity index (χ0n) is 14.0. The Kier molecular flexibility index (Phi) is 5.16. The van der Waals surface area contributed by atoms with E-state index in [-0.39, 0.29) is 11.8 Å². The third-order valence-corrected chi connectivity index (χ3v) is 5.42. The topological polar surface area (TPSA) is 40.6 Å². The smallest absolute Gasteiger partial charge is 0.254 e. The molecular formula is C19H18BrClN2O2. The van der Waals surface area contributed by atoms with Gasteiger partial charge in [0.2, 0.25) is 5.91 Å². The standard InChI is InChI=1S/C19H18BrClN2O2/c1-12-16(21)7-4-8-17(12)23-10-9-22(13(2)18(23)24)19(25)14-5-3-6-15(20)11-14/h3-8,11,13H,9-10H2,1-2H3. The van der Waals surface area contributed by atoms with Crippen molar-refractivity contribution < 1.29 is 9.59 Å². The van der Waals surface area contributed by atoms with E-state index in [0.717, 1.165) is 15.7 Å². The van der Waals surface area contributed by atoms with Gasteiger partial charge in [-0.25, -0.2) is 0 Å². The first-order valence-corrected chi connectivity index (χ1v) is 9.20. The molecule has 0 N–H and O–H groups in total. The van der Waals surface area contributed by atoms with Gasteiger partial charge < -0.3 is 9.80 Å². The second-order valence-electron chi connectivity index (χ2n) is 6.06. The van der Waals surface area contributed by atoms with Crippen LogP contribution in [0.2, 0.25) is 5.02 Å². The van der Waals surface area contributed by atoms with Gasteiger partial charge in [-0.1, -0.05) is 39.7 Å². The number of rotatable bonds is 2. The summed E-state index contributed by atoms with van der Waals surface area (Å²) >= 11 is 9.56. The molecule has 0 radical (unpaired) electrons. The van der Waals surface area contributed by atoms with Gasteiger partial charge in [0, 0.05) is 33.8 Å². The summed E-state index contributed by atoms with van der Waals surface area (Å²) in [5.74, 6) is -0.232. The second-order valence-corrected chi connectivity index (χ2v) is 7.38. The molecule has 6 heteroatoms. The van der Waals surface area contributed by atoms with E-state index in [0.29, 0.717) is 23.7 Å². The molecular weight excluding hydrogens is 404 g/mol. The van der Waals surface area contributed by atoms with E-state index in [1.165, 1.54) is 0 Å². The molecule has 2 aromatic rings. The number of nitrogens with zero attached hydrogens (tertiary/aromatic N) is 2. The number of anilines is 1. The number of carbonyl (C=O) groups is 2. The molecule has 0 spiro atoms. The number of carbonyl (C=O) groups excluding carboxylic acids is 2. The van der Waals surface area contributed by atoms with Crippen molar-refractivity contribution in [1.29, 1.82) is 0 Å². The van der Waals surface area contributed by atoms with E-state index in [9.17, 15) is 9.59 Å². The van der Waals surface area contributed by atoms with Crippen molar-refractivity contribution in [2.45, 2.75) is 19.9 Å². The molecule has 1 aliphatic heterocycles. The van der Waals surface area contributed by atoms with Crippen LogP contribution in [0.1, 0.15) is 22.8 Å². The Morgan fingerprint density at radius 3 is 2.64 bits per heavy atom. The Bertz CT molecular complexity index is 840. The molecule has 1 saturated heterocycles. The summed E-state index contributed by atoms with van der Waals surface area (Å²) in [6, 6.07) is 12.2. The van der Waals surface area contributed by atoms with Crippen molar-refractivity contribution in [2.75, 3.05) is 18.0 Å². The molecule has 130 valence electrons. The first-order chi connectivity index (χ1) is 11.9. The SMILES string of the molecule is Cc1c(Cl)cccc1N1CCN(C(=O)c2cccc(Br)c2)C(C)C1=O. The van der Waals surface area contributed by atoms with Gasteiger partial charge in [-0.15, -0.1) is 0 Å². The first kappa shape index (κ1) is 18.0. The molecule has 2 aromatic carbocycles. The van der Waals surface area contributed by atoms with Crippen LogP contribution in [0, 0.1) is 6.92 Å². The predicted octanol–water partition coefficient (Wildman–Crippen LogP) is 4.29. The van der Waals surface area contributed by atoms with Crippen LogP contribution in [-0.4, -0.2) is 35.8 Å². The van der Waals surface area contributed by atoms with E-state index < -0.39 is 6.04 Å². The summed E-state index contributed by atoms with van der Waals surface area (Å²) < 4.78 is 0.838. The van der Waals surface area contributed by atoms with Crippen molar-refractivity contribution in [1.82, 2.24) is 4.90 Å². The van der Waals surface area contributed by atoms with E-state index >= 15 is 0 Å². The highest BCUT2D eigenvalue weighted by Crippen LogP contribution is 2.29. The minimum absolute atomic E-state index is 0.0973. The molecule has 0 saturated carbocycles. The number of hydrogen-bond acceptors (Lipinski definition) is 2. The Labute approximate surface area is 160 Å². The predicted molar refractivity (Wildman–Crippen MR) is 103 cm³/mol. The van der Waals surface area contributed by atoms with Crippen molar-refractivity contribution in [3.05, 3.63) is 63.1 Å². The van der Waals surface area contributed by atoms with Gasteiger partial charge in [-0.2, -0.15) is 0 Å². The zero-order valence-corrected chi connectivity index (χ0v) is 16.3. The summed E-state index contributed by atoms with van der Waals surface area (Å²) in [5, 5.41) is 0.630. The Balaban J connectivity index is 1.84. The highest BCUT2D eigenvalue weighted by Gasteiger charge is 2.35. The fourth-order valence-electron chi connectivity index (χ4n) is 3.06. The van der Waals surface area contributed by atoms with Gasteiger partial charge in [0.25, 0.3) is 5.91 Å². The molecule has 0 aliphatic carbocycles. The lowest BCUT2D eigenvalue weighted by Gasteiger charge is -2.39. The van der Waals surface area contributed by atoms with Crippen LogP contribution in [0.5, 0.6) is 0 Å². The van der Waals surface area contributed by atoms with Crippen LogP contribution in [0.3, 0.4) is 0 Å². The minimum Gasteiger partial charge on any atom is -0.325 e. The molecule has 1 aliphatic rings. The molecule has 25 heavy (non-hydrogen) atoms. The Hall–Kier alpha value is -1.85. The zero-order chi connectivity index (χ0) is 18.1. The van der Waals surface area contributed by atoms with Crippen LogP contribution in [0.15, 0.2) is 46.9 Å². The van der Waals surface area contributed by atoms with Crippen LogP contribution >= 0.6 is 27.5 Å². The van der Waals surface area contributed by atoms with E-state index in [2.05, 4.69) is 15.9 Å². The highest BCUT2D eigenvalue weighted by molar-refractivity contribution is 9.10. The van der Waals surface area contributed by atoms with Gasteiger partial charge in [0.05, 0.1) is 0 Å². The Morgan fingerprint density at radius 1 is 1.20 bits per heavy atom. The van der Waals surface area contributed by atoms with Crippen molar-refractivity contribution in [2.24, 2.45) is 0 Å². The average molecular weight is 422 g/mol. The second kappa shape index (κ2) is 7.18. The van der Waals surface area contributed by atoms with Crippen molar-refractivity contribution in [3.63, 3.8) is 0 Å². The minimum atomic E-state index is -0.529. The maximum absolute atomic E-state index is 12.9. The molecule has 3 rings (SSSR count). The molecule has 0 aromatic heterocycles. The maximum Gasteiger partial charge on any atom is 0.254 e. The molecule has 1 heterocycles. The van der Waals surface area contributed by atoms with E-state index in [1.54, 1.807) is 34.9 Å². The monoisotopic (exact) mass is 420 g/mol. The first-order valence-electron chi connectivity index (χ1n) is 8.03. The molecule has 4 nitrogen and oxygen atoms in total. The quantitative estimate of drug-likeness (QED) is 0.726. The van der Waals surface area contributed by atoms with Gasteiger partial charge in [0.1, 0.15) is 6.04 Å². The van der Waals surface area contributed by atoms with Crippen LogP contribution in [0.4, 0.5) is 5.69 Å². The van der Waals surface area contributed by atoms with Crippen molar-refractivity contribution >= 4 is 45.0 Å². The summed E-state index contributed by atoms with van der Waals surface area (Å²) in [4.78, 5) is 29.0. The third-order valence-electron chi connectivity index (χ3n) is 4.52. The normalized spacial score (nSPS) is 17.8. The van der Waals surface area contributed by atoms with Crippen molar-refractivity contribution in [3.8, 4) is 0 Å². The lowest BCUT2D eigenvalue weighted by atomic mass is 10.1.